The molecule has 2 unspecified atom stereocenters. The first kappa shape index (κ1) is 31.2. The molecule has 2 heterocycles. The van der Waals surface area contributed by atoms with Crippen molar-refractivity contribution in [2.45, 2.75) is 36.9 Å². The highest BCUT2D eigenvalue weighted by Crippen LogP contribution is 2.30. The first-order valence-electron chi connectivity index (χ1n) is 12.6. The van der Waals surface area contributed by atoms with Gasteiger partial charge in [-0.25, -0.2) is 17.9 Å². The molecule has 0 bridgehead atoms. The van der Waals surface area contributed by atoms with Crippen molar-refractivity contribution in [3.8, 4) is 0 Å². The Balaban J connectivity index is 0.000000532. The molecule has 0 aromatic heterocycles. The number of carboxylic acid groups (broad SMARTS) is 1. The molecule has 0 radical (unpaired) electrons. The molecule has 2 aromatic rings. The number of carboxylic acids is 1. The molecule has 2 fully saturated rings. The van der Waals surface area contributed by atoms with Crippen LogP contribution >= 0.6 is 11.6 Å². The summed E-state index contributed by atoms with van der Waals surface area (Å²) in [4.78, 5) is 13.6. The number of hydrogen-bond donors (Lipinski definition) is 2. The molecule has 0 amide bonds. The second-order valence-electron chi connectivity index (χ2n) is 9.64. The Morgan fingerprint density at radius 2 is 1.85 bits per heavy atom. The van der Waals surface area contributed by atoms with Gasteiger partial charge < -0.3 is 19.6 Å². The van der Waals surface area contributed by atoms with Gasteiger partial charge in [0.25, 0.3) is 0 Å². The number of halogens is 4. The van der Waals surface area contributed by atoms with Crippen LogP contribution in [0.25, 0.3) is 0 Å². The Kier molecular flexibility index (Phi) is 11.0. The standard InChI is InChI=1S/C24H32ClN3O3S.C2HF3O2/c1-19-9-11-27(17-19)12-10-26-32(29,30)22-7-8-24(23(25)16-22)28-13-14-31-21(18-28)15-20-5-3-2-4-6-20;3-2(4,5)1(6)7/h2-8,16,19,21,26H,9-15,17-18H2,1H3;(H,6,7). The van der Waals surface area contributed by atoms with Gasteiger partial charge in [0.15, 0.2) is 0 Å². The van der Waals surface area contributed by atoms with E-state index in [1.54, 1.807) is 12.1 Å². The van der Waals surface area contributed by atoms with Gasteiger partial charge in [-0.1, -0.05) is 48.9 Å². The van der Waals surface area contributed by atoms with Crippen LogP contribution in [-0.4, -0.2) is 82.5 Å². The highest BCUT2D eigenvalue weighted by Gasteiger charge is 2.38. The van der Waals surface area contributed by atoms with Crippen LogP contribution in [0.5, 0.6) is 0 Å². The molecule has 4 rings (SSSR count). The van der Waals surface area contributed by atoms with Gasteiger partial charge in [-0.15, -0.1) is 0 Å². The van der Waals surface area contributed by atoms with Crippen molar-refractivity contribution < 1.29 is 36.2 Å². The number of benzene rings is 2. The average molecular weight is 592 g/mol. The Bertz CT molecular complexity index is 1200. The van der Waals surface area contributed by atoms with Crippen LogP contribution in [0.1, 0.15) is 18.9 Å². The molecule has 216 valence electrons. The second kappa shape index (κ2) is 13.8. The third-order valence-corrected chi connectivity index (χ3v) is 8.25. The molecule has 2 aliphatic heterocycles. The van der Waals surface area contributed by atoms with Gasteiger partial charge in [-0.05, 0) is 42.6 Å². The number of nitrogens with zero attached hydrogens (tertiary/aromatic N) is 2. The summed E-state index contributed by atoms with van der Waals surface area (Å²) in [6.07, 6.45) is -3.00. The Morgan fingerprint density at radius 1 is 1.15 bits per heavy atom. The van der Waals surface area contributed by atoms with E-state index in [2.05, 4.69) is 33.6 Å². The van der Waals surface area contributed by atoms with Gasteiger partial charge in [-0.3, -0.25) is 0 Å². The predicted octanol–water partition coefficient (Wildman–Crippen LogP) is 4.04. The molecular weight excluding hydrogens is 559 g/mol. The average Bonchev–Trinajstić information content (AvgIpc) is 3.29. The van der Waals surface area contributed by atoms with E-state index in [0.717, 1.165) is 38.3 Å². The summed E-state index contributed by atoms with van der Waals surface area (Å²) in [7, 11) is -3.59. The second-order valence-corrected chi connectivity index (χ2v) is 11.8. The molecule has 0 aliphatic carbocycles. The zero-order valence-corrected chi connectivity index (χ0v) is 23.1. The van der Waals surface area contributed by atoms with Gasteiger partial charge in [0.05, 0.1) is 28.3 Å². The summed E-state index contributed by atoms with van der Waals surface area (Å²) in [6, 6.07) is 15.3. The van der Waals surface area contributed by atoms with Crippen LogP contribution in [0.3, 0.4) is 0 Å². The maximum atomic E-state index is 12.7. The van der Waals surface area contributed by atoms with Crippen LogP contribution in [0.15, 0.2) is 53.4 Å². The number of rotatable bonds is 8. The van der Waals surface area contributed by atoms with Crippen molar-refractivity contribution in [2.75, 3.05) is 50.8 Å². The predicted molar refractivity (Wildman–Crippen MR) is 143 cm³/mol. The minimum Gasteiger partial charge on any atom is -0.475 e. The molecular formula is C26H33ClF3N3O5S. The first-order valence-corrected chi connectivity index (χ1v) is 14.4. The normalized spacial score (nSPS) is 20.4. The van der Waals surface area contributed by atoms with Crippen LogP contribution < -0.4 is 9.62 Å². The summed E-state index contributed by atoms with van der Waals surface area (Å²) in [6.45, 7) is 7.49. The zero-order chi connectivity index (χ0) is 28.6. The van der Waals surface area contributed by atoms with Crippen molar-refractivity contribution >= 4 is 33.3 Å². The Labute approximate surface area is 231 Å². The van der Waals surface area contributed by atoms with E-state index in [-0.39, 0.29) is 11.0 Å². The lowest BCUT2D eigenvalue weighted by molar-refractivity contribution is -0.192. The maximum Gasteiger partial charge on any atom is 0.490 e. The largest absolute Gasteiger partial charge is 0.490 e. The fourth-order valence-electron chi connectivity index (χ4n) is 4.50. The maximum absolute atomic E-state index is 12.7. The van der Waals surface area contributed by atoms with E-state index < -0.39 is 22.2 Å². The number of alkyl halides is 3. The van der Waals surface area contributed by atoms with Crippen LogP contribution in [0, 0.1) is 5.92 Å². The highest BCUT2D eigenvalue weighted by atomic mass is 35.5. The summed E-state index contributed by atoms with van der Waals surface area (Å²) in [5.74, 6) is -2.07. The van der Waals surface area contributed by atoms with Crippen LogP contribution in [-0.2, 0) is 26.0 Å². The number of ether oxygens (including phenoxy) is 1. The lowest BCUT2D eigenvalue weighted by atomic mass is 10.1. The molecule has 13 heteroatoms. The molecule has 39 heavy (non-hydrogen) atoms. The van der Waals surface area contributed by atoms with E-state index in [0.29, 0.717) is 30.6 Å². The minimum atomic E-state index is -5.08. The molecule has 0 spiro atoms. The first-order chi connectivity index (χ1) is 18.3. The van der Waals surface area contributed by atoms with Gasteiger partial charge in [0.2, 0.25) is 10.0 Å². The third kappa shape index (κ3) is 9.64. The molecule has 0 saturated carbocycles. The quantitative estimate of drug-likeness (QED) is 0.478. The third-order valence-electron chi connectivity index (χ3n) is 6.49. The number of aliphatic carboxylic acids is 1. The summed E-state index contributed by atoms with van der Waals surface area (Å²) >= 11 is 6.55. The van der Waals surface area contributed by atoms with Crippen molar-refractivity contribution in [1.29, 1.82) is 0 Å². The van der Waals surface area contributed by atoms with Crippen molar-refractivity contribution in [3.05, 3.63) is 59.1 Å². The number of anilines is 1. The smallest absolute Gasteiger partial charge is 0.475 e. The number of morpholine rings is 1. The van der Waals surface area contributed by atoms with Crippen molar-refractivity contribution in [3.63, 3.8) is 0 Å². The SMILES string of the molecule is CC1CCN(CCNS(=O)(=O)c2ccc(N3CCOC(Cc4ccccc4)C3)c(Cl)c2)C1.O=C(O)C(F)(F)F. The molecule has 2 atom stereocenters. The number of carbonyl (C=O) groups is 1. The molecule has 2 saturated heterocycles. The number of sulfonamides is 1. The van der Waals surface area contributed by atoms with Crippen molar-refractivity contribution in [2.24, 2.45) is 5.92 Å². The van der Waals surface area contributed by atoms with E-state index in [4.69, 9.17) is 26.2 Å². The molecule has 2 N–H and O–H groups in total. The fraction of sp³-hybridized carbons (Fsp3) is 0.500. The number of likely N-dealkylation sites (tertiary alicyclic amines) is 1. The van der Waals surface area contributed by atoms with Gasteiger partial charge in [0, 0.05) is 39.1 Å². The number of hydrogen-bond acceptors (Lipinski definition) is 6. The summed E-state index contributed by atoms with van der Waals surface area (Å²) in [5, 5.41) is 7.57. The van der Waals surface area contributed by atoms with Crippen LogP contribution in [0.4, 0.5) is 18.9 Å². The van der Waals surface area contributed by atoms with Gasteiger partial charge in [-0.2, -0.15) is 13.2 Å². The zero-order valence-electron chi connectivity index (χ0n) is 21.5. The lowest BCUT2D eigenvalue weighted by Crippen LogP contribution is -2.43. The fourth-order valence-corrected chi connectivity index (χ4v) is 5.91. The Morgan fingerprint density at radius 3 is 2.44 bits per heavy atom. The van der Waals surface area contributed by atoms with Crippen molar-refractivity contribution in [1.82, 2.24) is 9.62 Å². The van der Waals surface area contributed by atoms with Gasteiger partial charge >= 0.3 is 12.1 Å². The monoisotopic (exact) mass is 591 g/mol. The minimum absolute atomic E-state index is 0.0700. The number of nitrogens with one attached hydrogen (secondary N) is 1. The van der Waals surface area contributed by atoms with Gasteiger partial charge in [0.1, 0.15) is 0 Å². The van der Waals surface area contributed by atoms with E-state index in [1.807, 2.05) is 24.3 Å². The van der Waals surface area contributed by atoms with E-state index in [1.165, 1.54) is 12.0 Å². The molecule has 8 nitrogen and oxygen atoms in total. The van der Waals surface area contributed by atoms with E-state index in [9.17, 15) is 21.6 Å². The Hall–Kier alpha value is -2.38. The van der Waals surface area contributed by atoms with Crippen LogP contribution in [0.2, 0.25) is 5.02 Å². The lowest BCUT2D eigenvalue weighted by Gasteiger charge is -2.35. The van der Waals surface area contributed by atoms with E-state index >= 15 is 0 Å². The topological polar surface area (TPSA) is 99.2 Å². The summed E-state index contributed by atoms with van der Waals surface area (Å²) < 4.78 is 65.9. The molecule has 2 aliphatic rings. The summed E-state index contributed by atoms with van der Waals surface area (Å²) in [5.41, 5.74) is 2.08. The molecule has 2 aromatic carbocycles. The highest BCUT2D eigenvalue weighted by molar-refractivity contribution is 7.89.